The summed E-state index contributed by atoms with van der Waals surface area (Å²) in [5.41, 5.74) is 1.39. The van der Waals surface area contributed by atoms with Crippen LogP contribution in [0.25, 0.3) is 0 Å². The summed E-state index contributed by atoms with van der Waals surface area (Å²) in [6, 6.07) is 8.31. The molecule has 4 nitrogen and oxygen atoms in total. The van der Waals surface area contributed by atoms with Gasteiger partial charge in [-0.15, -0.1) is 11.3 Å². The van der Waals surface area contributed by atoms with Crippen molar-refractivity contribution < 1.29 is 4.79 Å². The van der Waals surface area contributed by atoms with Crippen molar-refractivity contribution in [3.63, 3.8) is 0 Å². The highest BCUT2D eigenvalue weighted by Gasteiger charge is 2.11. The zero-order valence-corrected chi connectivity index (χ0v) is 13.7. The van der Waals surface area contributed by atoms with Crippen LogP contribution < -0.4 is 5.32 Å². The third kappa shape index (κ3) is 4.29. The van der Waals surface area contributed by atoms with E-state index in [1.165, 1.54) is 14.7 Å². The Labute approximate surface area is 129 Å². The molecule has 1 amide bonds. The summed E-state index contributed by atoms with van der Waals surface area (Å²) in [5.74, 6) is -0.0832. The number of amides is 1. The van der Waals surface area contributed by atoms with Crippen molar-refractivity contribution in [2.75, 3.05) is 19.4 Å². The number of aryl methyl sites for hydroxylation is 1. The second-order valence-corrected chi connectivity index (χ2v) is 6.76. The van der Waals surface area contributed by atoms with Crippen LogP contribution in [0.2, 0.25) is 0 Å². The number of nitrogens with one attached hydrogen (secondary N) is 1. The molecular weight excluding hydrogens is 282 g/mol. The quantitative estimate of drug-likeness (QED) is 0.922. The third-order valence-corrected chi connectivity index (χ3v) is 4.12. The molecule has 2 rings (SSSR count). The SMILES string of the molecule is Cc1ccc(CC(C)Nc2ccnc(C(=O)N(C)C)c2)s1. The van der Waals surface area contributed by atoms with Gasteiger partial charge in [0, 0.05) is 48.2 Å². The van der Waals surface area contributed by atoms with Crippen LogP contribution in [0.15, 0.2) is 30.5 Å². The topological polar surface area (TPSA) is 45.2 Å². The van der Waals surface area contributed by atoms with Gasteiger partial charge in [0.25, 0.3) is 5.91 Å². The summed E-state index contributed by atoms with van der Waals surface area (Å²) in [5, 5.41) is 3.43. The van der Waals surface area contributed by atoms with E-state index in [4.69, 9.17) is 0 Å². The fourth-order valence-corrected chi connectivity index (χ4v) is 3.12. The summed E-state index contributed by atoms with van der Waals surface area (Å²) < 4.78 is 0. The van der Waals surface area contributed by atoms with Crippen LogP contribution in [0.5, 0.6) is 0 Å². The Kier molecular flexibility index (Phi) is 4.96. The van der Waals surface area contributed by atoms with Crippen molar-refractivity contribution in [3.05, 3.63) is 45.9 Å². The minimum Gasteiger partial charge on any atom is -0.382 e. The molecule has 2 heterocycles. The van der Waals surface area contributed by atoms with Crippen molar-refractivity contribution in [2.24, 2.45) is 0 Å². The van der Waals surface area contributed by atoms with Crippen molar-refractivity contribution in [2.45, 2.75) is 26.3 Å². The molecule has 2 aromatic rings. The van der Waals surface area contributed by atoms with Gasteiger partial charge in [-0.2, -0.15) is 0 Å². The summed E-state index contributed by atoms with van der Waals surface area (Å²) in [6.45, 7) is 4.26. The number of anilines is 1. The number of hydrogen-bond donors (Lipinski definition) is 1. The Morgan fingerprint density at radius 1 is 1.38 bits per heavy atom. The molecule has 0 aliphatic carbocycles. The van der Waals surface area contributed by atoms with Crippen molar-refractivity contribution in [3.8, 4) is 0 Å². The molecule has 0 saturated heterocycles. The van der Waals surface area contributed by atoms with Gasteiger partial charge >= 0.3 is 0 Å². The highest BCUT2D eigenvalue weighted by atomic mass is 32.1. The van der Waals surface area contributed by atoms with Gasteiger partial charge in [-0.1, -0.05) is 0 Å². The Bertz CT molecular complexity index is 621. The zero-order chi connectivity index (χ0) is 15.4. The van der Waals surface area contributed by atoms with Gasteiger partial charge in [-0.05, 0) is 38.1 Å². The maximum absolute atomic E-state index is 11.9. The van der Waals surface area contributed by atoms with E-state index >= 15 is 0 Å². The molecule has 0 aliphatic rings. The molecule has 2 aromatic heterocycles. The largest absolute Gasteiger partial charge is 0.382 e. The summed E-state index contributed by atoms with van der Waals surface area (Å²) >= 11 is 1.83. The fraction of sp³-hybridized carbons (Fsp3) is 0.375. The lowest BCUT2D eigenvalue weighted by atomic mass is 10.2. The van der Waals surface area contributed by atoms with Gasteiger partial charge in [0.2, 0.25) is 0 Å². The number of nitrogens with zero attached hydrogens (tertiary/aromatic N) is 2. The Morgan fingerprint density at radius 2 is 2.14 bits per heavy atom. The van der Waals surface area contributed by atoms with Crippen LogP contribution in [0.3, 0.4) is 0 Å². The molecule has 1 N–H and O–H groups in total. The van der Waals surface area contributed by atoms with Crippen LogP contribution in [0, 0.1) is 6.92 Å². The van der Waals surface area contributed by atoms with E-state index < -0.39 is 0 Å². The van der Waals surface area contributed by atoms with Crippen LogP contribution in [-0.4, -0.2) is 35.9 Å². The average Bonchev–Trinajstić information content (AvgIpc) is 2.83. The molecule has 21 heavy (non-hydrogen) atoms. The Balaban J connectivity index is 2.02. The first-order valence-corrected chi connectivity index (χ1v) is 7.77. The first-order valence-electron chi connectivity index (χ1n) is 6.95. The number of hydrogen-bond acceptors (Lipinski definition) is 4. The van der Waals surface area contributed by atoms with E-state index in [9.17, 15) is 4.79 Å². The minimum atomic E-state index is -0.0832. The fourth-order valence-electron chi connectivity index (χ4n) is 2.10. The molecule has 1 unspecified atom stereocenters. The lowest BCUT2D eigenvalue weighted by Crippen LogP contribution is -2.23. The van der Waals surface area contributed by atoms with Crippen LogP contribution in [-0.2, 0) is 6.42 Å². The van der Waals surface area contributed by atoms with Gasteiger partial charge in [0.05, 0.1) is 0 Å². The standard InChI is InChI=1S/C16H21N3OS/c1-11(9-14-6-5-12(2)21-14)18-13-7-8-17-15(10-13)16(20)19(3)4/h5-8,10-11H,9H2,1-4H3,(H,17,18). The van der Waals surface area contributed by atoms with Gasteiger partial charge in [-0.25, -0.2) is 0 Å². The molecule has 0 saturated carbocycles. The highest BCUT2D eigenvalue weighted by molar-refractivity contribution is 7.11. The molecule has 0 aliphatic heterocycles. The molecule has 112 valence electrons. The predicted octanol–water partition coefficient (Wildman–Crippen LogP) is 3.20. The zero-order valence-electron chi connectivity index (χ0n) is 12.9. The Morgan fingerprint density at radius 3 is 2.76 bits per heavy atom. The van der Waals surface area contributed by atoms with Gasteiger partial charge in [-0.3, -0.25) is 9.78 Å². The van der Waals surface area contributed by atoms with E-state index in [-0.39, 0.29) is 5.91 Å². The number of carbonyl (C=O) groups is 1. The van der Waals surface area contributed by atoms with Gasteiger partial charge in [0.1, 0.15) is 5.69 Å². The molecule has 1 atom stereocenters. The van der Waals surface area contributed by atoms with E-state index in [1.54, 1.807) is 26.4 Å². The number of aromatic nitrogens is 1. The van der Waals surface area contributed by atoms with E-state index in [1.807, 2.05) is 17.4 Å². The number of pyridine rings is 1. The third-order valence-electron chi connectivity index (χ3n) is 3.10. The second-order valence-electron chi connectivity index (χ2n) is 5.39. The summed E-state index contributed by atoms with van der Waals surface area (Å²) in [6.07, 6.45) is 2.64. The Hall–Kier alpha value is -1.88. The second kappa shape index (κ2) is 6.72. The van der Waals surface area contributed by atoms with Crippen LogP contribution in [0.4, 0.5) is 5.69 Å². The van der Waals surface area contributed by atoms with Gasteiger partial charge < -0.3 is 10.2 Å². The smallest absolute Gasteiger partial charge is 0.272 e. The lowest BCUT2D eigenvalue weighted by Gasteiger charge is -2.15. The predicted molar refractivity (Wildman–Crippen MR) is 88.1 cm³/mol. The number of carbonyl (C=O) groups excluding carboxylic acids is 1. The van der Waals surface area contributed by atoms with Crippen molar-refractivity contribution in [1.29, 1.82) is 0 Å². The minimum absolute atomic E-state index is 0.0832. The number of rotatable bonds is 5. The monoisotopic (exact) mass is 303 g/mol. The molecule has 0 bridgehead atoms. The molecule has 0 spiro atoms. The first-order chi connectivity index (χ1) is 9.95. The molecular formula is C16H21N3OS. The molecule has 0 fully saturated rings. The van der Waals surface area contributed by atoms with Crippen LogP contribution in [0.1, 0.15) is 27.2 Å². The average molecular weight is 303 g/mol. The molecule has 0 radical (unpaired) electrons. The van der Waals surface area contributed by atoms with Gasteiger partial charge in [0.15, 0.2) is 0 Å². The van der Waals surface area contributed by atoms with Crippen LogP contribution >= 0.6 is 11.3 Å². The van der Waals surface area contributed by atoms with Crippen molar-refractivity contribution in [1.82, 2.24) is 9.88 Å². The number of thiophene rings is 1. The molecule has 5 heteroatoms. The first kappa shape index (κ1) is 15.5. The normalized spacial score (nSPS) is 12.0. The summed E-state index contributed by atoms with van der Waals surface area (Å²) in [4.78, 5) is 20.3. The van der Waals surface area contributed by atoms with Crippen molar-refractivity contribution >= 4 is 22.9 Å². The van der Waals surface area contributed by atoms with E-state index in [2.05, 4.69) is 36.3 Å². The maximum atomic E-state index is 11.9. The van der Waals surface area contributed by atoms with E-state index in [0.29, 0.717) is 11.7 Å². The highest BCUT2D eigenvalue weighted by Crippen LogP contribution is 2.18. The molecule has 0 aromatic carbocycles. The summed E-state index contributed by atoms with van der Waals surface area (Å²) in [7, 11) is 3.46. The van der Waals surface area contributed by atoms with E-state index in [0.717, 1.165) is 12.1 Å². The lowest BCUT2D eigenvalue weighted by molar-refractivity contribution is 0.0822. The maximum Gasteiger partial charge on any atom is 0.272 e.